The quantitative estimate of drug-likeness (QED) is 0.475. The van der Waals surface area contributed by atoms with Crippen molar-refractivity contribution in [2.75, 3.05) is 10.6 Å². The number of anilines is 2. The Hall–Kier alpha value is -1.87. The highest BCUT2D eigenvalue weighted by molar-refractivity contribution is 6.24. The van der Waals surface area contributed by atoms with Crippen molar-refractivity contribution in [1.29, 1.82) is 0 Å². The summed E-state index contributed by atoms with van der Waals surface area (Å²) in [5, 5.41) is 10.9. The minimum absolute atomic E-state index is 0.0329. The van der Waals surface area contributed by atoms with Crippen LogP contribution in [0, 0.1) is 0 Å². The molecule has 0 saturated heterocycles. The second kappa shape index (κ2) is 6.21. The number of hydrogen-bond donors (Lipinski definition) is 3. The molecule has 2 aromatic rings. The number of aromatic hydroxyl groups is 1. The van der Waals surface area contributed by atoms with E-state index in [9.17, 15) is 5.11 Å². The van der Waals surface area contributed by atoms with Crippen LogP contribution in [-0.2, 0) is 10.8 Å². The van der Waals surface area contributed by atoms with Crippen LogP contribution in [-0.4, -0.2) is 5.11 Å². The minimum Gasteiger partial charge on any atom is -0.507 e. The number of nitrogens with two attached hydrogens (primary N) is 1. The maximum atomic E-state index is 10.9. The van der Waals surface area contributed by atoms with Crippen LogP contribution < -0.4 is 10.6 Å². The summed E-state index contributed by atoms with van der Waals surface area (Å²) in [6, 6.07) is 9.63. The van der Waals surface area contributed by atoms with Crippen LogP contribution in [0.2, 0.25) is 0 Å². The molecule has 0 heterocycles. The number of phenolic OH excluding ortho intramolecular Hbond substituents is 1. The lowest BCUT2D eigenvalue weighted by atomic mass is 9.78. The third kappa shape index (κ3) is 3.62. The van der Waals surface area contributed by atoms with Gasteiger partial charge in [0.05, 0.1) is 5.69 Å². The molecule has 24 heavy (non-hydrogen) atoms. The van der Waals surface area contributed by atoms with Gasteiger partial charge in [-0.15, -0.1) is 0 Å². The maximum absolute atomic E-state index is 10.9. The van der Waals surface area contributed by atoms with Gasteiger partial charge in [0.25, 0.3) is 0 Å². The second-order valence-corrected chi connectivity index (χ2v) is 8.51. The van der Waals surface area contributed by atoms with Gasteiger partial charge in [-0.05, 0) is 34.6 Å². The fraction of sp³-hybridized carbons (Fsp3) is 0.400. The monoisotopic (exact) mass is 346 g/mol. The molecule has 4 heteroatoms. The Balaban J connectivity index is 2.78. The van der Waals surface area contributed by atoms with E-state index in [4.69, 9.17) is 17.5 Å². The van der Waals surface area contributed by atoms with Gasteiger partial charge in [0, 0.05) is 34.2 Å². The van der Waals surface area contributed by atoms with E-state index in [-0.39, 0.29) is 16.6 Å². The zero-order valence-corrected chi connectivity index (χ0v) is 16.0. The summed E-state index contributed by atoms with van der Waals surface area (Å²) in [5.41, 5.74) is 10.9. The molecule has 0 bridgehead atoms. The second-order valence-electron chi connectivity index (χ2n) is 8.32. The van der Waals surface area contributed by atoms with Crippen LogP contribution in [0.3, 0.4) is 0 Å². The number of nitrogen functional groups attached to an aromatic ring is 1. The highest BCUT2D eigenvalue weighted by Gasteiger charge is 2.26. The largest absolute Gasteiger partial charge is 0.507 e. The van der Waals surface area contributed by atoms with Crippen LogP contribution in [0.4, 0.5) is 11.4 Å². The summed E-state index contributed by atoms with van der Waals surface area (Å²) in [6.07, 6.45) is 0. The number of hydrogen-bond acceptors (Lipinski definition) is 3. The number of rotatable bonds is 2. The summed E-state index contributed by atoms with van der Waals surface area (Å²) < 4.78 is 0. The molecule has 0 saturated carbocycles. The topological polar surface area (TPSA) is 58.3 Å². The SMILES string of the molecule is CC(C)(C)c1cc(-c2ccc(NCl)cc2N)c(O)c(C(C)(C)C)c1. The van der Waals surface area contributed by atoms with Gasteiger partial charge >= 0.3 is 0 Å². The molecule has 0 atom stereocenters. The molecule has 2 rings (SSSR count). The molecule has 0 aliphatic carbocycles. The molecule has 0 fully saturated rings. The van der Waals surface area contributed by atoms with Crippen LogP contribution in [0.15, 0.2) is 30.3 Å². The van der Waals surface area contributed by atoms with E-state index in [0.29, 0.717) is 5.69 Å². The Morgan fingerprint density at radius 1 is 0.917 bits per heavy atom. The Morgan fingerprint density at radius 3 is 2.00 bits per heavy atom. The van der Waals surface area contributed by atoms with Gasteiger partial charge in [0.1, 0.15) is 5.75 Å². The van der Waals surface area contributed by atoms with E-state index >= 15 is 0 Å². The first kappa shape index (κ1) is 18.5. The van der Waals surface area contributed by atoms with Crippen molar-refractivity contribution in [2.45, 2.75) is 52.4 Å². The van der Waals surface area contributed by atoms with Gasteiger partial charge in [-0.2, -0.15) is 0 Å². The van der Waals surface area contributed by atoms with Gasteiger partial charge in [0.15, 0.2) is 0 Å². The first-order valence-electron chi connectivity index (χ1n) is 8.09. The van der Waals surface area contributed by atoms with Crippen molar-refractivity contribution in [3.8, 4) is 16.9 Å². The van der Waals surface area contributed by atoms with Crippen molar-refractivity contribution < 1.29 is 5.11 Å². The van der Waals surface area contributed by atoms with Gasteiger partial charge in [0.2, 0.25) is 0 Å². The molecule has 0 unspecified atom stereocenters. The first-order chi connectivity index (χ1) is 10.9. The van der Waals surface area contributed by atoms with E-state index in [0.717, 1.165) is 22.4 Å². The molecule has 0 aliphatic heterocycles. The smallest absolute Gasteiger partial charge is 0.127 e. The predicted octanol–water partition coefficient (Wildman–Crippen LogP) is 5.80. The molecule has 0 aromatic heterocycles. The molecule has 0 aliphatic rings. The Kier molecular flexibility index (Phi) is 4.78. The van der Waals surface area contributed by atoms with Crippen LogP contribution in [0.1, 0.15) is 52.7 Å². The standard InChI is InChI=1S/C20H27ClN2O/c1-19(2,3)12-9-15(18(24)16(10-12)20(4,5)6)14-8-7-13(23-21)11-17(14)22/h7-11,23-24H,22H2,1-6H3. The fourth-order valence-electron chi connectivity index (χ4n) is 2.71. The van der Waals surface area contributed by atoms with Gasteiger partial charge in [-0.1, -0.05) is 53.7 Å². The van der Waals surface area contributed by atoms with Gasteiger partial charge < -0.3 is 10.8 Å². The number of phenols is 1. The summed E-state index contributed by atoms with van der Waals surface area (Å²) >= 11 is 5.64. The third-order valence-electron chi connectivity index (χ3n) is 4.23. The van der Waals surface area contributed by atoms with E-state index in [2.05, 4.69) is 52.4 Å². The molecule has 0 spiro atoms. The highest BCUT2D eigenvalue weighted by Crippen LogP contribution is 2.43. The molecular weight excluding hydrogens is 320 g/mol. The van der Waals surface area contributed by atoms with Crippen molar-refractivity contribution in [2.24, 2.45) is 0 Å². The average Bonchev–Trinajstić information content (AvgIpc) is 2.45. The van der Waals surface area contributed by atoms with E-state index < -0.39 is 0 Å². The Labute approximate surface area is 150 Å². The normalized spacial score (nSPS) is 12.3. The average molecular weight is 347 g/mol. The van der Waals surface area contributed by atoms with Gasteiger partial charge in [-0.3, -0.25) is 4.84 Å². The lowest BCUT2D eigenvalue weighted by Crippen LogP contribution is -2.17. The van der Waals surface area contributed by atoms with Crippen molar-refractivity contribution in [1.82, 2.24) is 0 Å². The minimum atomic E-state index is -0.174. The molecule has 0 radical (unpaired) electrons. The van der Waals surface area contributed by atoms with E-state index in [1.807, 2.05) is 18.2 Å². The molecule has 0 amide bonds. The summed E-state index contributed by atoms with van der Waals surface area (Å²) in [4.78, 5) is 2.56. The van der Waals surface area contributed by atoms with Crippen molar-refractivity contribution in [3.63, 3.8) is 0 Å². The Bertz CT molecular complexity index is 755. The lowest BCUT2D eigenvalue weighted by Gasteiger charge is -2.28. The summed E-state index contributed by atoms with van der Waals surface area (Å²) in [7, 11) is 0. The zero-order valence-electron chi connectivity index (χ0n) is 15.3. The third-order valence-corrected chi connectivity index (χ3v) is 4.45. The van der Waals surface area contributed by atoms with Gasteiger partial charge in [-0.25, -0.2) is 0 Å². The number of benzene rings is 2. The van der Waals surface area contributed by atoms with Crippen LogP contribution in [0.25, 0.3) is 11.1 Å². The van der Waals surface area contributed by atoms with Crippen LogP contribution in [0.5, 0.6) is 5.75 Å². The fourth-order valence-corrected chi connectivity index (χ4v) is 2.83. The molecule has 4 N–H and O–H groups in total. The van der Waals surface area contributed by atoms with Crippen LogP contribution >= 0.6 is 11.8 Å². The molecular formula is C20H27ClN2O. The Morgan fingerprint density at radius 2 is 1.54 bits per heavy atom. The zero-order chi connectivity index (χ0) is 18.3. The maximum Gasteiger partial charge on any atom is 0.127 e. The number of halogens is 1. The molecule has 130 valence electrons. The molecule has 3 nitrogen and oxygen atoms in total. The summed E-state index contributed by atoms with van der Waals surface area (Å²) in [5.74, 6) is 0.286. The highest BCUT2D eigenvalue weighted by atomic mass is 35.5. The lowest BCUT2D eigenvalue weighted by molar-refractivity contribution is 0.446. The van der Waals surface area contributed by atoms with E-state index in [1.165, 1.54) is 5.56 Å². The van der Waals surface area contributed by atoms with Crippen molar-refractivity contribution in [3.05, 3.63) is 41.5 Å². The molecule has 2 aromatic carbocycles. The van der Waals surface area contributed by atoms with E-state index in [1.54, 1.807) is 6.07 Å². The number of nitrogens with one attached hydrogen (secondary N) is 1. The van der Waals surface area contributed by atoms with Crippen molar-refractivity contribution >= 4 is 23.2 Å². The summed E-state index contributed by atoms with van der Waals surface area (Å²) in [6.45, 7) is 12.8. The predicted molar refractivity (Wildman–Crippen MR) is 105 cm³/mol. The first-order valence-corrected chi connectivity index (χ1v) is 8.47.